The van der Waals surface area contributed by atoms with Crippen molar-refractivity contribution in [2.24, 2.45) is 0 Å². The molecule has 96 valence electrons. The zero-order valence-corrected chi connectivity index (χ0v) is 11.3. The van der Waals surface area contributed by atoms with E-state index < -0.39 is 0 Å². The van der Waals surface area contributed by atoms with E-state index in [1.54, 1.807) is 0 Å². The van der Waals surface area contributed by atoms with Crippen molar-refractivity contribution in [3.63, 3.8) is 0 Å². The van der Waals surface area contributed by atoms with Crippen LogP contribution in [0.25, 0.3) is 0 Å². The van der Waals surface area contributed by atoms with Crippen LogP contribution in [0.15, 0.2) is 0 Å². The highest BCUT2D eigenvalue weighted by atomic mass is 15.1. The van der Waals surface area contributed by atoms with Crippen LogP contribution in [0.1, 0.15) is 30.1 Å². The van der Waals surface area contributed by atoms with Gasteiger partial charge in [0.25, 0.3) is 0 Å². The maximum absolute atomic E-state index is 4.66. The largest absolute Gasteiger partial charge is 0.332 e. The van der Waals surface area contributed by atoms with Crippen molar-refractivity contribution in [2.45, 2.75) is 39.3 Å². The van der Waals surface area contributed by atoms with E-state index in [9.17, 15) is 0 Å². The monoisotopic (exact) mass is 236 g/mol. The van der Waals surface area contributed by atoms with Gasteiger partial charge < -0.3 is 14.8 Å². The molecule has 0 fully saturated rings. The van der Waals surface area contributed by atoms with Gasteiger partial charge in [-0.05, 0) is 40.4 Å². The first-order valence-corrected chi connectivity index (χ1v) is 6.59. The number of aryl methyl sites for hydroxylation is 1. The van der Waals surface area contributed by atoms with Crippen LogP contribution in [0.5, 0.6) is 0 Å². The lowest BCUT2D eigenvalue weighted by molar-refractivity contribution is 0.386. The van der Waals surface area contributed by atoms with Crippen molar-refractivity contribution in [1.82, 2.24) is 19.8 Å². The molecule has 0 saturated heterocycles. The Bertz CT molecular complexity index is 368. The van der Waals surface area contributed by atoms with E-state index in [4.69, 9.17) is 0 Å². The Kier molecular flexibility index (Phi) is 4.18. The molecule has 2 rings (SSSR count). The van der Waals surface area contributed by atoms with Crippen LogP contribution in [0.4, 0.5) is 0 Å². The van der Waals surface area contributed by atoms with Crippen molar-refractivity contribution in [2.75, 3.05) is 27.2 Å². The highest BCUT2D eigenvalue weighted by Gasteiger charge is 2.16. The fraction of sp³-hybridized carbons (Fsp3) is 0.769. The van der Waals surface area contributed by atoms with Crippen molar-refractivity contribution >= 4 is 0 Å². The van der Waals surface area contributed by atoms with E-state index in [1.165, 1.54) is 36.6 Å². The van der Waals surface area contributed by atoms with Crippen molar-refractivity contribution in [3.05, 3.63) is 17.2 Å². The topological polar surface area (TPSA) is 33.1 Å². The fourth-order valence-electron chi connectivity index (χ4n) is 2.50. The van der Waals surface area contributed by atoms with E-state index in [0.29, 0.717) is 0 Å². The Balaban J connectivity index is 1.93. The Morgan fingerprint density at radius 2 is 2.18 bits per heavy atom. The first-order valence-electron chi connectivity index (χ1n) is 6.59. The van der Waals surface area contributed by atoms with Crippen LogP contribution in [-0.4, -0.2) is 41.6 Å². The van der Waals surface area contributed by atoms with Crippen molar-refractivity contribution in [3.8, 4) is 0 Å². The average molecular weight is 236 g/mol. The van der Waals surface area contributed by atoms with E-state index in [2.05, 4.69) is 40.8 Å². The van der Waals surface area contributed by atoms with Gasteiger partial charge in [-0.3, -0.25) is 0 Å². The molecule has 0 amide bonds. The first kappa shape index (κ1) is 12.6. The maximum Gasteiger partial charge on any atom is 0.106 e. The first-order chi connectivity index (χ1) is 8.18. The Morgan fingerprint density at radius 1 is 1.35 bits per heavy atom. The minimum atomic E-state index is 0.945. The van der Waals surface area contributed by atoms with Crippen LogP contribution in [0, 0.1) is 6.92 Å². The number of hydrogen-bond donors (Lipinski definition) is 1. The molecule has 4 heteroatoms. The SMILES string of the molecule is Cc1nc2c(n1CCCCN(C)C)CCNC2. The molecule has 1 aliphatic rings. The number of rotatable bonds is 5. The van der Waals surface area contributed by atoms with Gasteiger partial charge in [0.05, 0.1) is 5.69 Å². The zero-order chi connectivity index (χ0) is 12.3. The molecule has 0 aliphatic carbocycles. The smallest absolute Gasteiger partial charge is 0.106 e. The van der Waals surface area contributed by atoms with Crippen molar-refractivity contribution in [1.29, 1.82) is 0 Å². The molecule has 0 saturated carbocycles. The minimum Gasteiger partial charge on any atom is -0.332 e. The number of hydrogen-bond acceptors (Lipinski definition) is 3. The molecule has 0 aromatic carbocycles. The highest BCUT2D eigenvalue weighted by Crippen LogP contribution is 2.16. The fourth-order valence-corrected chi connectivity index (χ4v) is 2.50. The second kappa shape index (κ2) is 5.65. The van der Waals surface area contributed by atoms with Crippen molar-refractivity contribution < 1.29 is 0 Å². The van der Waals surface area contributed by atoms with Gasteiger partial charge in [-0.2, -0.15) is 0 Å². The van der Waals surface area contributed by atoms with Gasteiger partial charge in [0, 0.05) is 31.7 Å². The van der Waals surface area contributed by atoms with E-state index in [-0.39, 0.29) is 0 Å². The predicted molar refractivity (Wildman–Crippen MR) is 70.2 cm³/mol. The standard InChI is InChI=1S/C13H24N4/c1-11-15-12-10-14-7-6-13(12)17(11)9-5-4-8-16(2)3/h14H,4-10H2,1-3H3. The molecule has 0 radical (unpaired) electrons. The summed E-state index contributed by atoms with van der Waals surface area (Å²) >= 11 is 0. The molecule has 0 spiro atoms. The molecule has 0 atom stereocenters. The lowest BCUT2D eigenvalue weighted by atomic mass is 10.2. The Labute approximate surface area is 104 Å². The van der Waals surface area contributed by atoms with Gasteiger partial charge in [-0.15, -0.1) is 0 Å². The molecule has 0 bridgehead atoms. The number of nitrogens with zero attached hydrogens (tertiary/aromatic N) is 3. The molecule has 1 aromatic heterocycles. The third-order valence-corrected chi connectivity index (χ3v) is 3.41. The van der Waals surface area contributed by atoms with Crippen LogP contribution in [-0.2, 0) is 19.5 Å². The summed E-state index contributed by atoms with van der Waals surface area (Å²) in [6, 6.07) is 0. The number of nitrogens with one attached hydrogen (secondary N) is 1. The number of aromatic nitrogens is 2. The van der Waals surface area contributed by atoms with Crippen LogP contribution >= 0.6 is 0 Å². The molecule has 0 unspecified atom stereocenters. The van der Waals surface area contributed by atoms with E-state index in [1.807, 2.05) is 0 Å². The third kappa shape index (κ3) is 3.07. The van der Waals surface area contributed by atoms with E-state index in [0.717, 1.165) is 26.1 Å². The van der Waals surface area contributed by atoms with Crippen LogP contribution in [0.3, 0.4) is 0 Å². The zero-order valence-electron chi connectivity index (χ0n) is 11.3. The van der Waals surface area contributed by atoms with Gasteiger partial charge in [0.1, 0.15) is 5.82 Å². The normalized spacial score (nSPS) is 15.3. The molecule has 2 heterocycles. The summed E-state index contributed by atoms with van der Waals surface area (Å²) in [7, 11) is 4.27. The molecule has 17 heavy (non-hydrogen) atoms. The van der Waals surface area contributed by atoms with Gasteiger partial charge in [0.2, 0.25) is 0 Å². The number of imidazole rings is 1. The summed E-state index contributed by atoms with van der Waals surface area (Å²) in [6.45, 7) is 6.47. The molecular formula is C13H24N4. The predicted octanol–water partition coefficient (Wildman–Crippen LogP) is 1.18. The third-order valence-electron chi connectivity index (χ3n) is 3.41. The minimum absolute atomic E-state index is 0.945. The number of unbranched alkanes of at least 4 members (excludes halogenated alkanes) is 1. The maximum atomic E-state index is 4.66. The summed E-state index contributed by atoms with van der Waals surface area (Å²) in [5, 5.41) is 3.38. The lowest BCUT2D eigenvalue weighted by Crippen LogP contribution is -2.25. The van der Waals surface area contributed by atoms with Gasteiger partial charge in [-0.1, -0.05) is 0 Å². The quantitative estimate of drug-likeness (QED) is 0.779. The van der Waals surface area contributed by atoms with Gasteiger partial charge in [-0.25, -0.2) is 4.98 Å². The lowest BCUT2D eigenvalue weighted by Gasteiger charge is -2.16. The molecular weight excluding hydrogens is 212 g/mol. The highest BCUT2D eigenvalue weighted by molar-refractivity contribution is 5.19. The summed E-state index contributed by atoms with van der Waals surface area (Å²) in [6.07, 6.45) is 3.64. The summed E-state index contributed by atoms with van der Waals surface area (Å²) in [5.41, 5.74) is 2.73. The summed E-state index contributed by atoms with van der Waals surface area (Å²) in [5.74, 6) is 1.18. The second-order valence-electron chi connectivity index (χ2n) is 5.14. The van der Waals surface area contributed by atoms with Crippen LogP contribution < -0.4 is 5.32 Å². The summed E-state index contributed by atoms with van der Waals surface area (Å²) < 4.78 is 2.42. The van der Waals surface area contributed by atoms with Gasteiger partial charge >= 0.3 is 0 Å². The summed E-state index contributed by atoms with van der Waals surface area (Å²) in [4.78, 5) is 6.91. The molecule has 4 nitrogen and oxygen atoms in total. The Hall–Kier alpha value is -0.870. The van der Waals surface area contributed by atoms with Gasteiger partial charge in [0.15, 0.2) is 0 Å². The second-order valence-corrected chi connectivity index (χ2v) is 5.14. The van der Waals surface area contributed by atoms with E-state index >= 15 is 0 Å². The molecule has 1 aliphatic heterocycles. The Morgan fingerprint density at radius 3 is 2.94 bits per heavy atom. The molecule has 1 N–H and O–H groups in total. The van der Waals surface area contributed by atoms with Crippen LogP contribution in [0.2, 0.25) is 0 Å². The number of fused-ring (bicyclic) bond motifs is 1. The molecule has 1 aromatic rings. The average Bonchev–Trinajstić information content (AvgIpc) is 2.60.